The van der Waals surface area contributed by atoms with Crippen molar-refractivity contribution in [2.24, 2.45) is 5.73 Å². The molecule has 0 heterocycles. The molecule has 3 N–H and O–H groups in total. The Morgan fingerprint density at radius 1 is 0.854 bits per heavy atom. The largest absolute Gasteiger partial charge is 0.513 e. The van der Waals surface area contributed by atoms with Gasteiger partial charge in [-0.25, -0.2) is 14.4 Å². The van der Waals surface area contributed by atoms with E-state index in [4.69, 9.17) is 34.2 Å². The van der Waals surface area contributed by atoms with Gasteiger partial charge < -0.3 is 39.3 Å². The van der Waals surface area contributed by atoms with Crippen LogP contribution in [0.1, 0.15) is 98.0 Å². The number of carboxylic acid groups (broad SMARTS) is 1. The zero-order valence-electron chi connectivity index (χ0n) is 24.9. The molecule has 0 fully saturated rings. The van der Waals surface area contributed by atoms with Crippen LogP contribution in [0.5, 0.6) is 11.5 Å². The zero-order chi connectivity index (χ0) is 31.0. The van der Waals surface area contributed by atoms with Crippen molar-refractivity contribution in [3.8, 4) is 11.5 Å². The number of nitrogens with two attached hydrogens (primary N) is 1. The van der Waals surface area contributed by atoms with Crippen LogP contribution in [-0.2, 0) is 23.7 Å². The van der Waals surface area contributed by atoms with Gasteiger partial charge in [-0.1, -0.05) is 45.6 Å². The molecule has 1 aromatic carbocycles. The van der Waals surface area contributed by atoms with Crippen LogP contribution in [-0.4, -0.2) is 60.5 Å². The number of unbranched alkanes of at least 4 members (excludes halogenated alkanes) is 4. The Bertz CT molecular complexity index is 989. The van der Waals surface area contributed by atoms with Crippen LogP contribution in [0, 0.1) is 0 Å². The SMILES string of the molecule is CCCCCOC(=O)Oc1ccc(C(CC(C)OC(=O)OC(C)(C)C)[C@H](N)C(=O)O)cc1OC(=O)OCCCCC. The Morgan fingerprint density at radius 2 is 1.39 bits per heavy atom. The first-order valence-electron chi connectivity index (χ1n) is 14.0. The average Bonchev–Trinajstić information content (AvgIpc) is 2.87. The standard InChI is InChI=1S/C29H45NO11/c1-7-9-11-15-36-26(33)39-22-14-13-20(18-23(22)40-27(34)37-16-12-10-8-2)21(24(30)25(31)32)17-19(3)38-28(35)41-29(4,5)6/h13-14,18-19,21,24H,7-12,15-17,30H2,1-6H3,(H,31,32)/t19?,21?,24-/m0/s1. The quantitative estimate of drug-likeness (QED) is 0.0961. The van der Waals surface area contributed by atoms with E-state index < -0.39 is 48.1 Å². The summed E-state index contributed by atoms with van der Waals surface area (Å²) in [6.45, 7) is 10.9. The van der Waals surface area contributed by atoms with Crippen LogP contribution >= 0.6 is 0 Å². The molecule has 0 saturated heterocycles. The molecule has 0 aromatic heterocycles. The lowest BCUT2D eigenvalue weighted by Gasteiger charge is -2.26. The number of ether oxygens (including phenoxy) is 6. The molecule has 12 nitrogen and oxygen atoms in total. The molecule has 2 unspecified atom stereocenters. The van der Waals surface area contributed by atoms with Gasteiger partial charge in [0.25, 0.3) is 0 Å². The highest BCUT2D eigenvalue weighted by molar-refractivity contribution is 5.75. The van der Waals surface area contributed by atoms with Crippen molar-refractivity contribution in [3.63, 3.8) is 0 Å². The van der Waals surface area contributed by atoms with Crippen molar-refractivity contribution in [1.82, 2.24) is 0 Å². The van der Waals surface area contributed by atoms with Crippen molar-refractivity contribution >= 4 is 24.4 Å². The lowest BCUT2D eigenvalue weighted by Crippen LogP contribution is -2.38. The van der Waals surface area contributed by atoms with Gasteiger partial charge >= 0.3 is 24.4 Å². The van der Waals surface area contributed by atoms with Gasteiger partial charge in [0, 0.05) is 5.92 Å². The van der Waals surface area contributed by atoms with Crippen molar-refractivity contribution < 1.29 is 52.7 Å². The third kappa shape index (κ3) is 14.6. The summed E-state index contributed by atoms with van der Waals surface area (Å²) in [6.07, 6.45) is 1.19. The normalized spacial score (nSPS) is 13.3. The van der Waals surface area contributed by atoms with Gasteiger partial charge in [-0.3, -0.25) is 4.79 Å². The molecule has 12 heteroatoms. The number of aliphatic carboxylic acids is 1. The Labute approximate surface area is 241 Å². The van der Waals surface area contributed by atoms with Crippen molar-refractivity contribution in [2.75, 3.05) is 13.2 Å². The lowest BCUT2D eigenvalue weighted by molar-refractivity contribution is -0.139. The Morgan fingerprint density at radius 3 is 1.88 bits per heavy atom. The van der Waals surface area contributed by atoms with Gasteiger partial charge in [0.1, 0.15) is 17.7 Å². The van der Waals surface area contributed by atoms with Gasteiger partial charge in [0.2, 0.25) is 0 Å². The summed E-state index contributed by atoms with van der Waals surface area (Å²) in [5.41, 5.74) is 5.56. The van der Waals surface area contributed by atoms with Gasteiger partial charge in [0.05, 0.1) is 13.2 Å². The fourth-order valence-electron chi connectivity index (χ4n) is 3.68. The highest BCUT2D eigenvalue weighted by Crippen LogP contribution is 2.35. The minimum atomic E-state index is -1.41. The number of rotatable bonds is 16. The molecule has 0 aliphatic heterocycles. The molecule has 0 amide bonds. The van der Waals surface area contributed by atoms with Crippen LogP contribution in [0.15, 0.2) is 18.2 Å². The molecule has 41 heavy (non-hydrogen) atoms. The second-order valence-corrected chi connectivity index (χ2v) is 10.6. The van der Waals surface area contributed by atoms with E-state index in [0.717, 1.165) is 25.7 Å². The Hall–Kier alpha value is -3.54. The van der Waals surface area contributed by atoms with Crippen LogP contribution in [0.4, 0.5) is 14.4 Å². The molecule has 3 atom stereocenters. The summed E-state index contributed by atoms with van der Waals surface area (Å²) in [7, 11) is 0. The van der Waals surface area contributed by atoms with E-state index in [1.54, 1.807) is 27.7 Å². The molecule has 1 rings (SSSR count). The summed E-state index contributed by atoms with van der Waals surface area (Å²) in [5, 5.41) is 9.66. The number of carbonyl (C=O) groups is 4. The fraction of sp³-hybridized carbons (Fsp3) is 0.655. The highest BCUT2D eigenvalue weighted by atomic mass is 16.7. The maximum atomic E-state index is 12.4. The van der Waals surface area contributed by atoms with Crippen LogP contribution in [0.25, 0.3) is 0 Å². The Balaban J connectivity index is 3.23. The van der Waals surface area contributed by atoms with E-state index in [9.17, 15) is 24.3 Å². The number of carboxylic acids is 1. The first-order valence-corrected chi connectivity index (χ1v) is 14.0. The number of carbonyl (C=O) groups excluding carboxylic acids is 3. The van der Waals surface area contributed by atoms with E-state index in [0.29, 0.717) is 18.4 Å². The second-order valence-electron chi connectivity index (χ2n) is 10.6. The molecule has 0 aliphatic rings. The topological polar surface area (TPSA) is 170 Å². The van der Waals surface area contributed by atoms with E-state index in [-0.39, 0.29) is 31.1 Å². The smallest absolute Gasteiger partial charge is 0.480 e. The highest BCUT2D eigenvalue weighted by Gasteiger charge is 2.31. The molecule has 232 valence electrons. The summed E-state index contributed by atoms with van der Waals surface area (Å²) in [4.78, 5) is 48.6. The number of hydrogen-bond acceptors (Lipinski definition) is 11. The van der Waals surface area contributed by atoms with E-state index in [1.165, 1.54) is 18.2 Å². The summed E-state index contributed by atoms with van der Waals surface area (Å²) in [5.74, 6) is -2.53. The minimum Gasteiger partial charge on any atom is -0.480 e. The van der Waals surface area contributed by atoms with Gasteiger partial charge in [0.15, 0.2) is 11.5 Å². The van der Waals surface area contributed by atoms with Crippen LogP contribution in [0.2, 0.25) is 0 Å². The summed E-state index contributed by atoms with van der Waals surface area (Å²) in [6, 6.07) is 2.74. The Kier molecular flexibility index (Phi) is 15.6. The minimum absolute atomic E-state index is 0.00666. The first kappa shape index (κ1) is 35.5. The van der Waals surface area contributed by atoms with Gasteiger partial charge in [-0.15, -0.1) is 0 Å². The summed E-state index contributed by atoms with van der Waals surface area (Å²) >= 11 is 0. The maximum absolute atomic E-state index is 12.4. The van der Waals surface area contributed by atoms with E-state index >= 15 is 0 Å². The number of benzene rings is 1. The van der Waals surface area contributed by atoms with Crippen LogP contribution < -0.4 is 15.2 Å². The molecule has 0 radical (unpaired) electrons. The van der Waals surface area contributed by atoms with E-state index in [1.807, 2.05) is 13.8 Å². The second kappa shape index (κ2) is 18.0. The van der Waals surface area contributed by atoms with Gasteiger partial charge in [-0.2, -0.15) is 0 Å². The molecule has 1 aromatic rings. The zero-order valence-corrected chi connectivity index (χ0v) is 24.9. The monoisotopic (exact) mass is 583 g/mol. The lowest BCUT2D eigenvalue weighted by atomic mass is 9.87. The van der Waals surface area contributed by atoms with Crippen molar-refractivity contribution in [1.29, 1.82) is 0 Å². The third-order valence-corrected chi connectivity index (χ3v) is 5.71. The molecular weight excluding hydrogens is 538 g/mol. The molecule has 0 saturated carbocycles. The molecule has 0 bridgehead atoms. The maximum Gasteiger partial charge on any atom is 0.513 e. The molecular formula is C29H45NO11. The van der Waals surface area contributed by atoms with Gasteiger partial charge in [-0.05, 0) is 64.7 Å². The average molecular weight is 584 g/mol. The van der Waals surface area contributed by atoms with Crippen molar-refractivity contribution in [3.05, 3.63) is 23.8 Å². The third-order valence-electron chi connectivity index (χ3n) is 5.71. The molecule has 0 spiro atoms. The van der Waals surface area contributed by atoms with E-state index in [2.05, 4.69) is 0 Å². The first-order chi connectivity index (χ1) is 19.3. The predicted octanol–water partition coefficient (Wildman–Crippen LogP) is 6.32. The molecule has 0 aliphatic carbocycles. The number of hydrogen-bond donors (Lipinski definition) is 2. The predicted molar refractivity (Wildman–Crippen MR) is 149 cm³/mol. The van der Waals surface area contributed by atoms with Crippen molar-refractivity contribution in [2.45, 2.75) is 110 Å². The summed E-state index contributed by atoms with van der Waals surface area (Å²) < 4.78 is 31.3. The van der Waals surface area contributed by atoms with Crippen LogP contribution in [0.3, 0.4) is 0 Å². The fourth-order valence-corrected chi connectivity index (χ4v) is 3.68.